The minimum absolute atomic E-state index is 0.345. The van der Waals surface area contributed by atoms with Crippen molar-refractivity contribution in [3.05, 3.63) is 27.1 Å². The molecule has 0 radical (unpaired) electrons. The number of rotatable bonds is 2. The van der Waals surface area contributed by atoms with E-state index in [1.807, 2.05) is 0 Å². The number of nitrogens with zero attached hydrogens (tertiary/aromatic N) is 1. The van der Waals surface area contributed by atoms with Crippen molar-refractivity contribution in [3.8, 4) is 0 Å². The van der Waals surface area contributed by atoms with Gasteiger partial charge in [-0.3, -0.25) is 0 Å². The first-order valence-electron chi connectivity index (χ1n) is 7.97. The molecule has 0 bridgehead atoms. The fraction of sp³-hybridized carbons (Fsp3) is 0.647. The highest BCUT2D eigenvalue weighted by Gasteiger charge is 2.42. The molecule has 1 aromatic rings. The maximum absolute atomic E-state index is 3.89. The number of hydrogen-bond donors (Lipinski definition) is 1. The maximum atomic E-state index is 3.89. The predicted molar refractivity (Wildman–Crippen MR) is 97.0 cm³/mol. The van der Waals surface area contributed by atoms with Gasteiger partial charge in [0.25, 0.3) is 0 Å². The van der Waals surface area contributed by atoms with Crippen molar-refractivity contribution in [3.63, 3.8) is 0 Å². The zero-order valence-electron chi connectivity index (χ0n) is 12.8. The Labute approximate surface area is 144 Å². The standard InChI is InChI=1S/C17H24Br2N2/c1-12(2)16-10-20-17(7-3-4-8-17)11-21(16)15-6-5-13(18)9-14(15)19/h5-6,9,12,16,20H,3-4,7-8,10-11H2,1-2H3. The summed E-state index contributed by atoms with van der Waals surface area (Å²) in [6, 6.07) is 7.13. The largest absolute Gasteiger partial charge is 0.364 e. The first-order valence-corrected chi connectivity index (χ1v) is 9.56. The Morgan fingerprint density at radius 3 is 2.57 bits per heavy atom. The van der Waals surface area contributed by atoms with E-state index in [4.69, 9.17) is 0 Å². The van der Waals surface area contributed by atoms with Crippen LogP contribution in [0.1, 0.15) is 39.5 Å². The third-order valence-electron chi connectivity index (χ3n) is 5.11. The average Bonchev–Trinajstić information content (AvgIpc) is 2.86. The minimum atomic E-state index is 0.345. The molecule has 2 aliphatic rings. The van der Waals surface area contributed by atoms with Gasteiger partial charge in [-0.25, -0.2) is 0 Å². The van der Waals surface area contributed by atoms with Crippen molar-refractivity contribution in [2.75, 3.05) is 18.0 Å². The number of hydrogen-bond acceptors (Lipinski definition) is 2. The van der Waals surface area contributed by atoms with Gasteiger partial charge in [-0.1, -0.05) is 42.6 Å². The van der Waals surface area contributed by atoms with Crippen LogP contribution in [0.3, 0.4) is 0 Å². The summed E-state index contributed by atoms with van der Waals surface area (Å²) in [4.78, 5) is 2.64. The molecule has 21 heavy (non-hydrogen) atoms. The Morgan fingerprint density at radius 2 is 1.95 bits per heavy atom. The van der Waals surface area contributed by atoms with Gasteiger partial charge in [-0.15, -0.1) is 0 Å². The summed E-state index contributed by atoms with van der Waals surface area (Å²) in [5, 5.41) is 3.89. The molecule has 1 N–H and O–H groups in total. The molecular weight excluding hydrogens is 392 g/mol. The van der Waals surface area contributed by atoms with E-state index >= 15 is 0 Å². The lowest BCUT2D eigenvalue weighted by atomic mass is 9.88. The zero-order valence-corrected chi connectivity index (χ0v) is 16.0. The number of anilines is 1. The van der Waals surface area contributed by atoms with Crippen LogP contribution in [0.25, 0.3) is 0 Å². The maximum Gasteiger partial charge on any atom is 0.0515 e. The number of benzene rings is 1. The van der Waals surface area contributed by atoms with Gasteiger partial charge in [0, 0.05) is 33.6 Å². The fourth-order valence-electron chi connectivity index (χ4n) is 3.89. The van der Waals surface area contributed by atoms with Crippen molar-refractivity contribution < 1.29 is 0 Å². The Kier molecular flexibility index (Phi) is 4.68. The van der Waals surface area contributed by atoms with Gasteiger partial charge in [0.1, 0.15) is 0 Å². The quantitative estimate of drug-likeness (QED) is 0.734. The molecule has 116 valence electrons. The zero-order chi connectivity index (χ0) is 15.0. The molecule has 4 heteroatoms. The molecule has 1 aliphatic carbocycles. The monoisotopic (exact) mass is 414 g/mol. The van der Waals surface area contributed by atoms with Crippen molar-refractivity contribution >= 4 is 37.5 Å². The van der Waals surface area contributed by atoms with Crippen LogP contribution in [0, 0.1) is 5.92 Å². The summed E-state index contributed by atoms with van der Waals surface area (Å²) in [5.74, 6) is 0.645. The Hall–Kier alpha value is -0.0600. The highest BCUT2D eigenvalue weighted by Crippen LogP contribution is 2.39. The Morgan fingerprint density at radius 1 is 1.24 bits per heavy atom. The van der Waals surface area contributed by atoms with Crippen molar-refractivity contribution in [2.45, 2.75) is 51.1 Å². The Balaban J connectivity index is 1.93. The molecule has 1 spiro atoms. The molecular formula is C17H24Br2N2. The second kappa shape index (κ2) is 6.21. The molecule has 1 aliphatic heterocycles. The van der Waals surface area contributed by atoms with Crippen molar-refractivity contribution in [1.82, 2.24) is 5.32 Å². The van der Waals surface area contributed by atoms with Gasteiger partial charge in [0.05, 0.1) is 5.69 Å². The topological polar surface area (TPSA) is 15.3 Å². The fourth-order valence-corrected chi connectivity index (χ4v) is 5.17. The van der Waals surface area contributed by atoms with Crippen LogP contribution in [0.15, 0.2) is 27.1 Å². The van der Waals surface area contributed by atoms with Gasteiger partial charge in [0.2, 0.25) is 0 Å². The van der Waals surface area contributed by atoms with E-state index in [1.165, 1.54) is 35.8 Å². The minimum Gasteiger partial charge on any atom is -0.364 e. The van der Waals surface area contributed by atoms with E-state index < -0.39 is 0 Å². The van der Waals surface area contributed by atoms with Gasteiger partial charge >= 0.3 is 0 Å². The number of halogens is 2. The van der Waals surface area contributed by atoms with Crippen molar-refractivity contribution in [1.29, 1.82) is 0 Å². The van der Waals surface area contributed by atoms with Crippen LogP contribution in [0.5, 0.6) is 0 Å². The van der Waals surface area contributed by atoms with Gasteiger partial charge in [0.15, 0.2) is 0 Å². The molecule has 0 amide bonds. The molecule has 1 saturated heterocycles. The highest BCUT2D eigenvalue weighted by molar-refractivity contribution is 9.11. The van der Waals surface area contributed by atoms with E-state index in [1.54, 1.807) is 0 Å². The summed E-state index contributed by atoms with van der Waals surface area (Å²) < 4.78 is 2.32. The summed E-state index contributed by atoms with van der Waals surface area (Å²) >= 11 is 7.33. The van der Waals surface area contributed by atoms with Crippen LogP contribution in [0.4, 0.5) is 5.69 Å². The van der Waals surface area contributed by atoms with Gasteiger partial charge in [-0.2, -0.15) is 0 Å². The van der Waals surface area contributed by atoms with Crippen LogP contribution in [-0.2, 0) is 0 Å². The molecule has 1 aromatic carbocycles. The SMILES string of the molecule is CC(C)C1CNC2(CCCC2)CN1c1ccc(Br)cc1Br. The van der Waals surface area contributed by atoms with Crippen LogP contribution < -0.4 is 10.2 Å². The van der Waals surface area contributed by atoms with Crippen LogP contribution >= 0.6 is 31.9 Å². The molecule has 1 atom stereocenters. The summed E-state index contributed by atoms with van der Waals surface area (Å²) in [5.41, 5.74) is 1.68. The second-order valence-electron chi connectivity index (χ2n) is 6.90. The van der Waals surface area contributed by atoms with E-state index in [0.29, 0.717) is 17.5 Å². The first kappa shape index (κ1) is 15.8. The first-order chi connectivity index (χ1) is 10.0. The van der Waals surface area contributed by atoms with Crippen molar-refractivity contribution in [2.24, 2.45) is 5.92 Å². The third kappa shape index (κ3) is 3.18. The van der Waals surface area contributed by atoms with Crippen LogP contribution in [0.2, 0.25) is 0 Å². The molecule has 0 aromatic heterocycles. The second-order valence-corrected chi connectivity index (χ2v) is 8.67. The van der Waals surface area contributed by atoms with E-state index in [0.717, 1.165) is 17.6 Å². The Bertz CT molecular complexity index is 510. The lowest BCUT2D eigenvalue weighted by Crippen LogP contribution is -2.64. The summed E-state index contributed by atoms with van der Waals surface area (Å²) in [7, 11) is 0. The number of piperazine rings is 1. The van der Waals surface area contributed by atoms with Gasteiger partial charge in [-0.05, 0) is 52.9 Å². The molecule has 1 saturated carbocycles. The predicted octanol–water partition coefficient (Wildman–Crippen LogP) is 4.96. The smallest absolute Gasteiger partial charge is 0.0515 e. The molecule has 2 fully saturated rings. The molecule has 1 unspecified atom stereocenters. The van der Waals surface area contributed by atoms with E-state index in [9.17, 15) is 0 Å². The molecule has 2 nitrogen and oxygen atoms in total. The average molecular weight is 416 g/mol. The highest BCUT2D eigenvalue weighted by atomic mass is 79.9. The lowest BCUT2D eigenvalue weighted by molar-refractivity contribution is 0.245. The van der Waals surface area contributed by atoms with Crippen LogP contribution in [-0.4, -0.2) is 24.7 Å². The number of nitrogens with one attached hydrogen (secondary N) is 1. The summed E-state index contributed by atoms with van der Waals surface area (Å²) in [6.45, 7) is 6.90. The van der Waals surface area contributed by atoms with E-state index in [2.05, 4.69) is 74.1 Å². The van der Waals surface area contributed by atoms with Gasteiger partial charge < -0.3 is 10.2 Å². The van der Waals surface area contributed by atoms with E-state index in [-0.39, 0.29) is 0 Å². The lowest BCUT2D eigenvalue weighted by Gasteiger charge is -2.49. The normalized spacial score (nSPS) is 25.0. The molecule has 1 heterocycles. The summed E-state index contributed by atoms with van der Waals surface area (Å²) in [6.07, 6.45) is 5.38. The third-order valence-corrected chi connectivity index (χ3v) is 6.24. The molecule has 3 rings (SSSR count).